The van der Waals surface area contributed by atoms with Gasteiger partial charge in [-0.3, -0.25) is 19.7 Å². The van der Waals surface area contributed by atoms with Crippen molar-refractivity contribution < 1.29 is 28.7 Å². The summed E-state index contributed by atoms with van der Waals surface area (Å²) in [5.74, 6) is -0.549. The molecule has 3 aromatic carbocycles. The Morgan fingerprint density at radius 1 is 0.609 bits per heavy atom. The molecule has 3 aromatic rings. The van der Waals surface area contributed by atoms with Gasteiger partial charge in [-0.2, -0.15) is 0 Å². The quantitative estimate of drug-likeness (QED) is 0.101. The van der Waals surface area contributed by atoms with E-state index in [2.05, 4.69) is 16.0 Å². The number of hydrogen-bond donors (Lipinski definition) is 3. The highest BCUT2D eigenvalue weighted by Crippen LogP contribution is 2.23. The maximum Gasteiger partial charge on any atom is 0.412 e. The predicted molar refractivity (Wildman–Crippen MR) is 182 cm³/mol. The van der Waals surface area contributed by atoms with Gasteiger partial charge in [0.15, 0.2) is 0 Å². The minimum absolute atomic E-state index is 0.0569. The predicted octanol–water partition coefficient (Wildman–Crippen LogP) is 8.87. The van der Waals surface area contributed by atoms with E-state index in [1.807, 2.05) is 30.3 Å². The standard InChI is InChI=1S/C37H47N3O6/c1-37(2,3)46-36(44)40-32-20-16-15-19-31(32)39-35(43)29-23-25-30(26-24-29)38-33(41)21-13-8-6-4-5-7-9-14-22-34(42)45-27-28-17-11-10-12-18-28/h10-12,15-20,23-26H,4-9,13-14,21-22,27H2,1-3H3,(H,38,41)(H,39,43)(H,40,44). The Balaban J connectivity index is 1.25. The molecule has 3 N–H and O–H groups in total. The number of rotatable bonds is 17. The van der Waals surface area contributed by atoms with Gasteiger partial charge in [0.05, 0.1) is 11.4 Å². The number of unbranched alkanes of at least 4 members (excludes halogenated alkanes) is 7. The summed E-state index contributed by atoms with van der Waals surface area (Å²) in [5.41, 5.74) is 2.24. The van der Waals surface area contributed by atoms with Gasteiger partial charge in [-0.05, 0) is 75.6 Å². The van der Waals surface area contributed by atoms with Crippen molar-refractivity contribution in [3.63, 3.8) is 0 Å². The van der Waals surface area contributed by atoms with Crippen LogP contribution in [0.15, 0.2) is 78.9 Å². The van der Waals surface area contributed by atoms with E-state index in [9.17, 15) is 19.2 Å². The Morgan fingerprint density at radius 2 is 1.15 bits per heavy atom. The Morgan fingerprint density at radius 3 is 1.76 bits per heavy atom. The lowest BCUT2D eigenvalue weighted by Crippen LogP contribution is -2.27. The summed E-state index contributed by atoms with van der Waals surface area (Å²) in [6.45, 7) is 5.65. The van der Waals surface area contributed by atoms with Gasteiger partial charge in [-0.1, -0.05) is 81.0 Å². The normalized spacial score (nSPS) is 10.9. The van der Waals surface area contributed by atoms with Crippen LogP contribution in [0.5, 0.6) is 0 Å². The van der Waals surface area contributed by atoms with Crippen LogP contribution in [-0.4, -0.2) is 29.5 Å². The number of carbonyl (C=O) groups excluding carboxylic acids is 4. The largest absolute Gasteiger partial charge is 0.461 e. The third kappa shape index (κ3) is 14.4. The van der Waals surface area contributed by atoms with E-state index in [-0.39, 0.29) is 17.8 Å². The molecule has 3 amide bonds. The third-order valence-corrected chi connectivity index (χ3v) is 7.02. The molecular weight excluding hydrogens is 582 g/mol. The molecular formula is C37H47N3O6. The third-order valence-electron chi connectivity index (χ3n) is 7.02. The number of amides is 3. The SMILES string of the molecule is CC(C)(C)OC(=O)Nc1ccccc1NC(=O)c1ccc(NC(=O)CCCCCCCCCCC(=O)OCc2ccccc2)cc1. The van der Waals surface area contributed by atoms with Crippen LogP contribution in [0.4, 0.5) is 21.9 Å². The molecule has 9 nitrogen and oxygen atoms in total. The molecule has 0 fully saturated rings. The van der Waals surface area contributed by atoms with Crippen LogP contribution in [0.2, 0.25) is 0 Å². The number of anilines is 3. The fourth-order valence-corrected chi connectivity index (χ4v) is 4.66. The zero-order valence-corrected chi connectivity index (χ0v) is 27.2. The first kappa shape index (κ1) is 35.8. The van der Waals surface area contributed by atoms with Crippen molar-refractivity contribution in [2.45, 2.75) is 97.2 Å². The van der Waals surface area contributed by atoms with E-state index >= 15 is 0 Å². The maximum atomic E-state index is 12.9. The summed E-state index contributed by atoms with van der Waals surface area (Å²) in [7, 11) is 0. The first-order chi connectivity index (χ1) is 22.1. The molecule has 46 heavy (non-hydrogen) atoms. The van der Waals surface area contributed by atoms with Gasteiger partial charge in [-0.25, -0.2) is 4.79 Å². The molecule has 0 saturated carbocycles. The second kappa shape index (κ2) is 19.0. The lowest BCUT2D eigenvalue weighted by molar-refractivity contribution is -0.145. The summed E-state index contributed by atoms with van der Waals surface area (Å²) in [4.78, 5) is 49.3. The van der Waals surface area contributed by atoms with Gasteiger partial charge in [-0.15, -0.1) is 0 Å². The molecule has 0 radical (unpaired) electrons. The van der Waals surface area contributed by atoms with Crippen molar-refractivity contribution in [1.82, 2.24) is 0 Å². The average molecular weight is 630 g/mol. The Bertz CT molecular complexity index is 1400. The Labute approximate surface area is 272 Å². The van der Waals surface area contributed by atoms with Crippen LogP contribution >= 0.6 is 0 Å². The van der Waals surface area contributed by atoms with Crippen molar-refractivity contribution in [2.24, 2.45) is 0 Å². The van der Waals surface area contributed by atoms with Crippen LogP contribution in [0, 0.1) is 0 Å². The van der Waals surface area contributed by atoms with Gasteiger partial charge >= 0.3 is 12.1 Å². The number of carbonyl (C=O) groups is 4. The summed E-state index contributed by atoms with van der Waals surface area (Å²) >= 11 is 0. The van der Waals surface area contributed by atoms with E-state index in [4.69, 9.17) is 9.47 Å². The lowest BCUT2D eigenvalue weighted by atomic mass is 10.1. The fraction of sp³-hybridized carbons (Fsp3) is 0.405. The number of esters is 1. The highest BCUT2D eigenvalue weighted by atomic mass is 16.6. The van der Waals surface area contributed by atoms with Gasteiger partial charge < -0.3 is 20.1 Å². The summed E-state index contributed by atoms with van der Waals surface area (Å²) in [6.07, 6.45) is 8.36. The first-order valence-corrected chi connectivity index (χ1v) is 16.1. The highest BCUT2D eigenvalue weighted by Gasteiger charge is 2.18. The minimum Gasteiger partial charge on any atom is -0.461 e. The number of para-hydroxylation sites is 2. The van der Waals surface area contributed by atoms with E-state index in [1.54, 1.807) is 69.3 Å². The first-order valence-electron chi connectivity index (χ1n) is 16.1. The Hall–Kier alpha value is -4.66. The van der Waals surface area contributed by atoms with Gasteiger partial charge in [0.2, 0.25) is 5.91 Å². The second-order valence-corrected chi connectivity index (χ2v) is 12.2. The number of ether oxygens (including phenoxy) is 2. The van der Waals surface area contributed by atoms with E-state index in [0.29, 0.717) is 42.1 Å². The van der Waals surface area contributed by atoms with Gasteiger partial charge in [0.1, 0.15) is 12.2 Å². The second-order valence-electron chi connectivity index (χ2n) is 12.2. The zero-order chi connectivity index (χ0) is 33.2. The van der Waals surface area contributed by atoms with Crippen LogP contribution in [0.1, 0.15) is 101 Å². The highest BCUT2D eigenvalue weighted by molar-refractivity contribution is 6.07. The van der Waals surface area contributed by atoms with Crippen LogP contribution in [0.3, 0.4) is 0 Å². The van der Waals surface area contributed by atoms with E-state index in [0.717, 1.165) is 56.9 Å². The molecule has 9 heteroatoms. The van der Waals surface area contributed by atoms with Gasteiger partial charge in [0, 0.05) is 24.1 Å². The molecule has 0 bridgehead atoms. The molecule has 0 aliphatic heterocycles. The van der Waals surface area contributed by atoms with Crippen molar-refractivity contribution in [3.05, 3.63) is 90.0 Å². The summed E-state index contributed by atoms with van der Waals surface area (Å²) in [6, 6.07) is 23.2. The van der Waals surface area contributed by atoms with Crippen molar-refractivity contribution in [3.8, 4) is 0 Å². The number of hydrogen-bond acceptors (Lipinski definition) is 6. The minimum atomic E-state index is -0.648. The Kier molecular flexibility index (Phi) is 14.8. The van der Waals surface area contributed by atoms with Gasteiger partial charge in [0.25, 0.3) is 5.91 Å². The average Bonchev–Trinajstić information content (AvgIpc) is 3.01. The zero-order valence-electron chi connectivity index (χ0n) is 27.2. The van der Waals surface area contributed by atoms with Crippen LogP contribution in [0.25, 0.3) is 0 Å². The van der Waals surface area contributed by atoms with E-state index < -0.39 is 11.7 Å². The number of nitrogens with one attached hydrogen (secondary N) is 3. The molecule has 0 spiro atoms. The van der Waals surface area contributed by atoms with Crippen LogP contribution < -0.4 is 16.0 Å². The molecule has 0 unspecified atom stereocenters. The number of benzene rings is 3. The molecule has 0 aromatic heterocycles. The summed E-state index contributed by atoms with van der Waals surface area (Å²) in [5, 5.41) is 8.37. The van der Waals surface area contributed by atoms with E-state index in [1.165, 1.54) is 0 Å². The fourth-order valence-electron chi connectivity index (χ4n) is 4.66. The summed E-state index contributed by atoms with van der Waals surface area (Å²) < 4.78 is 10.6. The molecule has 0 heterocycles. The smallest absolute Gasteiger partial charge is 0.412 e. The molecule has 0 saturated heterocycles. The van der Waals surface area contributed by atoms with Crippen LogP contribution in [-0.2, 0) is 25.7 Å². The monoisotopic (exact) mass is 629 g/mol. The lowest BCUT2D eigenvalue weighted by Gasteiger charge is -2.20. The molecule has 0 atom stereocenters. The van der Waals surface area contributed by atoms with Crippen molar-refractivity contribution >= 4 is 40.9 Å². The topological polar surface area (TPSA) is 123 Å². The molecule has 0 aliphatic rings. The molecule has 0 aliphatic carbocycles. The maximum absolute atomic E-state index is 12.9. The van der Waals surface area contributed by atoms with Crippen molar-refractivity contribution in [2.75, 3.05) is 16.0 Å². The van der Waals surface area contributed by atoms with Crippen molar-refractivity contribution in [1.29, 1.82) is 0 Å². The molecule has 246 valence electrons. The molecule has 3 rings (SSSR count).